The Bertz CT molecular complexity index is 618. The van der Waals surface area contributed by atoms with Gasteiger partial charge < -0.3 is 14.7 Å². The summed E-state index contributed by atoms with van der Waals surface area (Å²) in [5.74, 6) is -1.11. The maximum Gasteiger partial charge on any atom is 0.310 e. The van der Waals surface area contributed by atoms with Crippen LogP contribution < -0.4 is 4.74 Å². The lowest BCUT2D eigenvalue weighted by atomic mass is 9.98. The molecule has 0 saturated carbocycles. The second kappa shape index (κ2) is 8.28. The van der Waals surface area contributed by atoms with Crippen molar-refractivity contribution >= 4 is 17.6 Å². The zero-order valence-electron chi connectivity index (χ0n) is 13.2. The van der Waals surface area contributed by atoms with Gasteiger partial charge in [0.1, 0.15) is 0 Å². The molecule has 1 unspecified atom stereocenters. The van der Waals surface area contributed by atoms with Crippen LogP contribution in [0.2, 0.25) is 0 Å². The number of benzene rings is 1. The zero-order valence-corrected chi connectivity index (χ0v) is 13.2. The summed E-state index contributed by atoms with van der Waals surface area (Å²) in [6, 6.07) is 5.78. The second-order valence-corrected chi connectivity index (χ2v) is 5.68. The van der Waals surface area contributed by atoms with Crippen molar-refractivity contribution < 1.29 is 24.4 Å². The fourth-order valence-electron chi connectivity index (χ4n) is 2.87. The van der Waals surface area contributed by atoms with Crippen LogP contribution in [0.15, 0.2) is 24.3 Å². The summed E-state index contributed by atoms with van der Waals surface area (Å²) in [7, 11) is 0. The molecule has 1 aromatic rings. The maximum atomic E-state index is 12.4. The van der Waals surface area contributed by atoms with Crippen LogP contribution >= 0.6 is 0 Å². The van der Waals surface area contributed by atoms with Gasteiger partial charge in [-0.15, -0.1) is 0 Å². The Kier molecular flexibility index (Phi) is 6.11. The molecule has 1 heterocycles. The number of nitrogens with zero attached hydrogens (tertiary/aromatic N) is 2. The van der Waals surface area contributed by atoms with E-state index in [0.29, 0.717) is 13.0 Å². The number of nitro groups is 1. The smallest absolute Gasteiger partial charge is 0.310 e. The van der Waals surface area contributed by atoms with E-state index in [1.807, 2.05) is 0 Å². The van der Waals surface area contributed by atoms with Gasteiger partial charge in [-0.3, -0.25) is 19.7 Å². The number of aliphatic carboxylic acids is 1. The van der Waals surface area contributed by atoms with E-state index in [9.17, 15) is 19.7 Å². The molecule has 8 heteroatoms. The quantitative estimate of drug-likeness (QED) is 0.604. The molecule has 1 N–H and O–H groups in total. The van der Waals surface area contributed by atoms with Crippen molar-refractivity contribution in [2.45, 2.75) is 38.1 Å². The summed E-state index contributed by atoms with van der Waals surface area (Å²) < 4.78 is 5.34. The van der Waals surface area contributed by atoms with E-state index in [1.165, 1.54) is 18.2 Å². The first-order valence-corrected chi connectivity index (χ1v) is 7.86. The van der Waals surface area contributed by atoms with Gasteiger partial charge in [-0.25, -0.2) is 0 Å². The molecule has 8 nitrogen and oxygen atoms in total. The zero-order chi connectivity index (χ0) is 17.5. The van der Waals surface area contributed by atoms with E-state index in [2.05, 4.69) is 0 Å². The fraction of sp³-hybridized carbons (Fsp3) is 0.500. The topological polar surface area (TPSA) is 110 Å². The lowest BCUT2D eigenvalue weighted by Crippen LogP contribution is -2.46. The number of para-hydroxylation sites is 2. The number of amides is 1. The minimum atomic E-state index is -0.885. The van der Waals surface area contributed by atoms with E-state index < -0.39 is 10.9 Å². The third kappa shape index (κ3) is 4.68. The minimum Gasteiger partial charge on any atom is -0.481 e. The van der Waals surface area contributed by atoms with Gasteiger partial charge >= 0.3 is 11.7 Å². The van der Waals surface area contributed by atoms with Gasteiger partial charge in [0.25, 0.3) is 5.91 Å². The monoisotopic (exact) mass is 336 g/mol. The molecular weight excluding hydrogens is 316 g/mol. The lowest BCUT2D eigenvalue weighted by molar-refractivity contribution is -0.385. The third-order valence-electron chi connectivity index (χ3n) is 4.05. The molecule has 130 valence electrons. The summed E-state index contributed by atoms with van der Waals surface area (Å²) in [6.07, 6.45) is 3.01. The first kappa shape index (κ1) is 17.7. The van der Waals surface area contributed by atoms with Crippen LogP contribution in [0.5, 0.6) is 5.75 Å². The number of carboxylic acids is 1. The van der Waals surface area contributed by atoms with Crippen LogP contribution in [0.3, 0.4) is 0 Å². The second-order valence-electron chi connectivity index (χ2n) is 5.68. The predicted molar refractivity (Wildman–Crippen MR) is 84.8 cm³/mol. The van der Waals surface area contributed by atoms with Gasteiger partial charge in [0.05, 0.1) is 4.92 Å². The predicted octanol–water partition coefficient (Wildman–Crippen LogP) is 2.22. The number of piperidine rings is 1. The van der Waals surface area contributed by atoms with Crippen molar-refractivity contribution in [3.63, 3.8) is 0 Å². The Morgan fingerprint density at radius 3 is 2.79 bits per heavy atom. The van der Waals surface area contributed by atoms with Crippen molar-refractivity contribution in [1.29, 1.82) is 0 Å². The molecule has 1 amide bonds. The molecular formula is C16H20N2O6. The van der Waals surface area contributed by atoms with Gasteiger partial charge in [0.2, 0.25) is 0 Å². The van der Waals surface area contributed by atoms with Crippen molar-refractivity contribution in [1.82, 2.24) is 4.90 Å². The highest BCUT2D eigenvalue weighted by atomic mass is 16.6. The summed E-state index contributed by atoms with van der Waals surface area (Å²) in [4.78, 5) is 35.2. The van der Waals surface area contributed by atoms with Crippen LogP contribution in [-0.2, 0) is 9.59 Å². The highest BCUT2D eigenvalue weighted by Gasteiger charge is 2.27. The number of carbonyl (C=O) groups excluding carboxylic acids is 1. The molecule has 1 aromatic carbocycles. The maximum absolute atomic E-state index is 12.4. The standard InChI is InChI=1S/C16H20N2O6/c19-15(11-24-14-7-2-1-6-13(14)18(22)23)17-10-4-3-5-12(17)8-9-16(20)21/h1-2,6-7,12H,3-5,8-11H2,(H,20,21). The van der Waals surface area contributed by atoms with E-state index >= 15 is 0 Å². The van der Waals surface area contributed by atoms with Crippen LogP contribution in [0, 0.1) is 10.1 Å². The third-order valence-corrected chi connectivity index (χ3v) is 4.05. The van der Waals surface area contributed by atoms with Gasteiger partial charge in [-0.05, 0) is 31.7 Å². The number of carboxylic acid groups (broad SMARTS) is 1. The Labute approximate surface area is 139 Å². The Balaban J connectivity index is 1.97. The normalized spacial score (nSPS) is 17.3. The molecule has 1 atom stereocenters. The summed E-state index contributed by atoms with van der Waals surface area (Å²) >= 11 is 0. The number of hydrogen-bond acceptors (Lipinski definition) is 5. The molecule has 0 radical (unpaired) electrons. The average Bonchev–Trinajstić information content (AvgIpc) is 2.58. The lowest BCUT2D eigenvalue weighted by Gasteiger charge is -2.35. The van der Waals surface area contributed by atoms with Gasteiger partial charge in [0.15, 0.2) is 12.4 Å². The average molecular weight is 336 g/mol. The number of ether oxygens (including phenoxy) is 1. The molecule has 0 aliphatic carbocycles. The Hall–Kier alpha value is -2.64. The molecule has 1 aliphatic rings. The Morgan fingerprint density at radius 2 is 2.08 bits per heavy atom. The SMILES string of the molecule is O=C(O)CCC1CCCCN1C(=O)COc1ccccc1[N+](=O)[O-]. The molecule has 0 aromatic heterocycles. The Morgan fingerprint density at radius 1 is 1.33 bits per heavy atom. The summed E-state index contributed by atoms with van der Waals surface area (Å²) in [6.45, 7) is 0.262. The summed E-state index contributed by atoms with van der Waals surface area (Å²) in [5.41, 5.74) is -0.189. The minimum absolute atomic E-state index is 0.0134. The molecule has 1 fully saturated rings. The van der Waals surface area contributed by atoms with Crippen LogP contribution in [0.25, 0.3) is 0 Å². The number of carbonyl (C=O) groups is 2. The molecule has 2 rings (SSSR count). The number of rotatable bonds is 7. The fourth-order valence-corrected chi connectivity index (χ4v) is 2.87. The van der Waals surface area contributed by atoms with E-state index in [0.717, 1.165) is 19.3 Å². The first-order chi connectivity index (χ1) is 11.5. The molecule has 1 saturated heterocycles. The van der Waals surface area contributed by atoms with Crippen molar-refractivity contribution in [2.24, 2.45) is 0 Å². The number of hydrogen-bond donors (Lipinski definition) is 1. The first-order valence-electron chi connectivity index (χ1n) is 7.86. The molecule has 0 spiro atoms. The molecule has 0 bridgehead atoms. The summed E-state index contributed by atoms with van der Waals surface area (Å²) in [5, 5.41) is 19.8. The largest absolute Gasteiger partial charge is 0.481 e. The van der Waals surface area contributed by atoms with Gasteiger partial charge in [-0.2, -0.15) is 0 Å². The number of nitro benzene ring substituents is 1. The van der Waals surface area contributed by atoms with E-state index in [-0.39, 0.29) is 36.4 Å². The van der Waals surface area contributed by atoms with Gasteiger partial charge in [0, 0.05) is 25.1 Å². The molecule has 1 aliphatic heterocycles. The van der Waals surface area contributed by atoms with Crippen molar-refractivity contribution in [2.75, 3.05) is 13.2 Å². The highest BCUT2D eigenvalue weighted by Crippen LogP contribution is 2.26. The van der Waals surface area contributed by atoms with Crippen LogP contribution in [0.4, 0.5) is 5.69 Å². The van der Waals surface area contributed by atoms with E-state index in [4.69, 9.17) is 9.84 Å². The van der Waals surface area contributed by atoms with Crippen molar-refractivity contribution in [3.8, 4) is 5.75 Å². The number of likely N-dealkylation sites (tertiary alicyclic amines) is 1. The van der Waals surface area contributed by atoms with Gasteiger partial charge in [-0.1, -0.05) is 12.1 Å². The van der Waals surface area contributed by atoms with Crippen molar-refractivity contribution in [3.05, 3.63) is 34.4 Å². The van der Waals surface area contributed by atoms with E-state index in [1.54, 1.807) is 11.0 Å². The highest BCUT2D eigenvalue weighted by molar-refractivity contribution is 5.78. The van der Waals surface area contributed by atoms with Crippen LogP contribution in [0.1, 0.15) is 32.1 Å². The van der Waals surface area contributed by atoms with Crippen LogP contribution in [-0.4, -0.2) is 46.0 Å². The molecule has 24 heavy (non-hydrogen) atoms.